The Hall–Kier alpha value is -3.51. The number of benzene rings is 3. The van der Waals surface area contributed by atoms with Crippen LogP contribution in [-0.2, 0) is 27.1 Å². The monoisotopic (exact) mass is 527 g/mol. The van der Waals surface area contributed by atoms with Crippen molar-refractivity contribution in [1.29, 1.82) is 0 Å². The Balaban J connectivity index is 1.31. The molecule has 0 N–H and O–H groups in total. The first-order valence-electron chi connectivity index (χ1n) is 13.8. The van der Waals surface area contributed by atoms with E-state index in [-0.39, 0.29) is 29.1 Å². The van der Waals surface area contributed by atoms with Gasteiger partial charge in [-0.15, -0.1) is 0 Å². The second kappa shape index (κ2) is 10.9. The van der Waals surface area contributed by atoms with Crippen molar-refractivity contribution in [2.24, 2.45) is 5.92 Å². The summed E-state index contributed by atoms with van der Waals surface area (Å²) in [5.41, 5.74) is 2.31. The van der Waals surface area contributed by atoms with Crippen LogP contribution in [0.3, 0.4) is 0 Å². The van der Waals surface area contributed by atoms with Crippen molar-refractivity contribution < 1.29 is 14.0 Å². The molecular formula is C33H38FN3O2. The topological polar surface area (TPSA) is 43.9 Å². The Morgan fingerprint density at radius 1 is 0.872 bits per heavy atom. The molecule has 0 radical (unpaired) electrons. The van der Waals surface area contributed by atoms with Crippen molar-refractivity contribution in [2.45, 2.75) is 43.7 Å². The average molecular weight is 528 g/mol. The lowest BCUT2D eigenvalue weighted by molar-refractivity contribution is -0.136. The van der Waals surface area contributed by atoms with Gasteiger partial charge in [0.1, 0.15) is 5.82 Å². The van der Waals surface area contributed by atoms with Gasteiger partial charge in [0, 0.05) is 47.2 Å². The number of hydrogen-bond donors (Lipinski definition) is 0. The van der Waals surface area contributed by atoms with Crippen LogP contribution >= 0.6 is 0 Å². The summed E-state index contributed by atoms with van der Waals surface area (Å²) in [7, 11) is 3.76. The molecule has 3 aromatic rings. The minimum Gasteiger partial charge on any atom is -0.341 e. The van der Waals surface area contributed by atoms with Gasteiger partial charge in [0.15, 0.2) is 0 Å². The molecule has 3 aromatic carbocycles. The minimum atomic E-state index is -0.541. The second-order valence-corrected chi connectivity index (χ2v) is 11.3. The van der Waals surface area contributed by atoms with E-state index in [0.717, 1.165) is 50.0 Å². The maximum atomic E-state index is 14.0. The summed E-state index contributed by atoms with van der Waals surface area (Å²) in [6.45, 7) is 4.67. The fraction of sp³-hybridized carbons (Fsp3) is 0.394. The quantitative estimate of drug-likeness (QED) is 0.404. The van der Waals surface area contributed by atoms with Gasteiger partial charge >= 0.3 is 0 Å². The lowest BCUT2D eigenvalue weighted by Crippen LogP contribution is -2.53. The lowest BCUT2D eigenvalue weighted by atomic mass is 9.79. The summed E-state index contributed by atoms with van der Waals surface area (Å²) in [6.07, 6.45) is 2.53. The van der Waals surface area contributed by atoms with E-state index in [4.69, 9.17) is 0 Å². The predicted octanol–water partition coefficient (Wildman–Crippen LogP) is 5.21. The molecule has 1 aliphatic carbocycles. The largest absolute Gasteiger partial charge is 0.341 e. The van der Waals surface area contributed by atoms with Crippen LogP contribution in [0.4, 0.5) is 4.39 Å². The highest BCUT2D eigenvalue weighted by Crippen LogP contribution is 2.56. The third kappa shape index (κ3) is 5.22. The molecule has 2 fully saturated rings. The molecule has 0 aromatic heterocycles. The SMILES string of the molecule is CC(=O)N(C)C1(c2ccccc2)CCN(CC2CC2(C(=O)N(C)Cc2ccc(F)cc2)c2ccccc2)CC1. The van der Waals surface area contributed by atoms with Crippen molar-refractivity contribution in [2.75, 3.05) is 33.7 Å². The van der Waals surface area contributed by atoms with Gasteiger partial charge in [-0.3, -0.25) is 9.59 Å². The van der Waals surface area contributed by atoms with Crippen molar-refractivity contribution in [3.8, 4) is 0 Å². The number of piperidine rings is 1. The first-order chi connectivity index (χ1) is 18.8. The van der Waals surface area contributed by atoms with E-state index in [1.165, 1.54) is 17.7 Å². The van der Waals surface area contributed by atoms with Gasteiger partial charge in [0.25, 0.3) is 0 Å². The highest BCUT2D eigenvalue weighted by atomic mass is 19.1. The number of carbonyl (C=O) groups is 2. The van der Waals surface area contributed by atoms with E-state index in [0.29, 0.717) is 6.54 Å². The Morgan fingerprint density at radius 3 is 2.00 bits per heavy atom. The van der Waals surface area contributed by atoms with E-state index >= 15 is 0 Å². The van der Waals surface area contributed by atoms with Crippen LogP contribution < -0.4 is 0 Å². The normalized spacial score (nSPS) is 22.2. The van der Waals surface area contributed by atoms with Crippen LogP contribution in [0.1, 0.15) is 42.9 Å². The van der Waals surface area contributed by atoms with Gasteiger partial charge < -0.3 is 14.7 Å². The van der Waals surface area contributed by atoms with Crippen molar-refractivity contribution in [3.63, 3.8) is 0 Å². The van der Waals surface area contributed by atoms with Crippen LogP contribution in [0.2, 0.25) is 0 Å². The van der Waals surface area contributed by atoms with E-state index in [9.17, 15) is 14.0 Å². The van der Waals surface area contributed by atoms with Crippen LogP contribution in [-0.4, -0.2) is 60.2 Å². The predicted molar refractivity (Wildman–Crippen MR) is 151 cm³/mol. The third-order valence-corrected chi connectivity index (χ3v) is 9.04. The maximum Gasteiger partial charge on any atom is 0.233 e. The molecule has 1 saturated carbocycles. The molecule has 1 saturated heterocycles. The molecular weight excluding hydrogens is 489 g/mol. The van der Waals surface area contributed by atoms with Crippen molar-refractivity contribution in [3.05, 3.63) is 107 Å². The molecule has 2 atom stereocenters. The van der Waals surface area contributed by atoms with Crippen molar-refractivity contribution >= 4 is 11.8 Å². The van der Waals surface area contributed by atoms with Crippen molar-refractivity contribution in [1.82, 2.24) is 14.7 Å². The van der Waals surface area contributed by atoms with Gasteiger partial charge in [0.05, 0.1) is 11.0 Å². The number of hydrogen-bond acceptors (Lipinski definition) is 3. The number of likely N-dealkylation sites (N-methyl/N-ethyl adjacent to an activating group) is 1. The number of likely N-dealkylation sites (tertiary alicyclic amines) is 1. The molecule has 0 bridgehead atoms. The molecule has 5 rings (SSSR count). The summed E-state index contributed by atoms with van der Waals surface area (Å²) in [5, 5.41) is 0. The summed E-state index contributed by atoms with van der Waals surface area (Å²) in [4.78, 5) is 32.6. The summed E-state index contributed by atoms with van der Waals surface area (Å²) < 4.78 is 13.4. The zero-order chi connectivity index (χ0) is 27.6. The Bertz CT molecular complexity index is 1290. The van der Waals surface area contributed by atoms with Gasteiger partial charge in [-0.1, -0.05) is 72.8 Å². The number of nitrogens with zero attached hydrogens (tertiary/aromatic N) is 3. The Kier molecular flexibility index (Phi) is 7.59. The van der Waals surface area contributed by atoms with Crippen LogP contribution in [0.5, 0.6) is 0 Å². The van der Waals surface area contributed by atoms with Crippen LogP contribution in [0, 0.1) is 11.7 Å². The highest BCUT2D eigenvalue weighted by molar-refractivity contribution is 5.92. The molecule has 2 amide bonds. The van der Waals surface area contributed by atoms with Crippen LogP contribution in [0.25, 0.3) is 0 Å². The summed E-state index contributed by atoms with van der Waals surface area (Å²) >= 11 is 0. The Morgan fingerprint density at radius 2 is 1.44 bits per heavy atom. The minimum absolute atomic E-state index is 0.0763. The fourth-order valence-corrected chi connectivity index (χ4v) is 6.59. The second-order valence-electron chi connectivity index (χ2n) is 11.3. The average Bonchev–Trinajstić information content (AvgIpc) is 3.69. The number of rotatable bonds is 8. The van der Waals surface area contributed by atoms with E-state index in [1.807, 2.05) is 55.4 Å². The zero-order valence-electron chi connectivity index (χ0n) is 23.1. The van der Waals surface area contributed by atoms with Gasteiger partial charge in [-0.25, -0.2) is 4.39 Å². The lowest BCUT2D eigenvalue weighted by Gasteiger charge is -2.48. The molecule has 5 nitrogen and oxygen atoms in total. The molecule has 6 heteroatoms. The van der Waals surface area contributed by atoms with E-state index < -0.39 is 5.41 Å². The third-order valence-electron chi connectivity index (χ3n) is 9.04. The Labute approximate surface area is 231 Å². The molecule has 0 spiro atoms. The standard InChI is InChI=1S/C33H38FN3O2/c1-25(38)36(3)32(27-10-6-4-7-11-27)18-20-37(21-19-32)24-29-22-33(29,28-12-8-5-9-13-28)31(39)35(2)23-26-14-16-30(34)17-15-26/h4-17,29H,18-24H2,1-3H3. The molecule has 204 valence electrons. The first kappa shape index (κ1) is 27.1. The number of halogens is 1. The molecule has 1 aliphatic heterocycles. The zero-order valence-corrected chi connectivity index (χ0v) is 23.1. The van der Waals surface area contributed by atoms with Gasteiger partial charge in [-0.05, 0) is 54.0 Å². The smallest absolute Gasteiger partial charge is 0.233 e. The molecule has 1 heterocycles. The number of carbonyl (C=O) groups excluding carboxylic acids is 2. The van der Waals surface area contributed by atoms with Gasteiger partial charge in [-0.2, -0.15) is 0 Å². The van der Waals surface area contributed by atoms with E-state index in [1.54, 1.807) is 24.0 Å². The summed E-state index contributed by atoms with van der Waals surface area (Å²) in [6, 6.07) is 26.9. The fourth-order valence-electron chi connectivity index (χ4n) is 6.59. The highest BCUT2D eigenvalue weighted by Gasteiger charge is 2.62. The first-order valence-corrected chi connectivity index (χ1v) is 13.8. The molecule has 2 aliphatic rings. The summed E-state index contributed by atoms with van der Waals surface area (Å²) in [5.74, 6) is 0.142. The molecule has 39 heavy (non-hydrogen) atoms. The maximum absolute atomic E-state index is 14.0. The van der Waals surface area contributed by atoms with E-state index in [2.05, 4.69) is 29.2 Å². The molecule has 2 unspecified atom stereocenters. The number of amides is 2. The van der Waals surface area contributed by atoms with Crippen LogP contribution in [0.15, 0.2) is 84.9 Å². The van der Waals surface area contributed by atoms with Gasteiger partial charge in [0.2, 0.25) is 11.8 Å².